The maximum absolute atomic E-state index is 4.46. The number of rotatable bonds is 3. The number of halogens is 1. The molecule has 0 amide bonds. The minimum atomic E-state index is 0.574. The molecule has 0 aliphatic heterocycles. The predicted molar refractivity (Wildman–Crippen MR) is 82.1 cm³/mol. The lowest BCUT2D eigenvalue weighted by Gasteiger charge is -2.29. The molecule has 1 aliphatic carbocycles. The molecule has 2 aromatic heterocycles. The standard InChI is InChI=1S/C15H13BrN4/c16-12-5-6-14-18-15(19-20(14)9-12)17-8-11-7-10-3-1-2-4-13(10)11/h1-6,9,11H,7-8H2,(H,17,19). The zero-order valence-corrected chi connectivity index (χ0v) is 12.3. The van der Waals surface area contributed by atoms with Gasteiger partial charge in [0.15, 0.2) is 5.65 Å². The summed E-state index contributed by atoms with van der Waals surface area (Å²) >= 11 is 3.43. The van der Waals surface area contributed by atoms with Crippen LogP contribution < -0.4 is 5.32 Å². The van der Waals surface area contributed by atoms with Crippen molar-refractivity contribution in [1.29, 1.82) is 0 Å². The summed E-state index contributed by atoms with van der Waals surface area (Å²) in [6.45, 7) is 0.884. The molecule has 4 nitrogen and oxygen atoms in total. The van der Waals surface area contributed by atoms with Crippen molar-refractivity contribution in [2.24, 2.45) is 0 Å². The molecule has 1 N–H and O–H groups in total. The van der Waals surface area contributed by atoms with Crippen molar-refractivity contribution >= 4 is 27.5 Å². The molecule has 20 heavy (non-hydrogen) atoms. The summed E-state index contributed by atoms with van der Waals surface area (Å²) in [6.07, 6.45) is 3.05. The third-order valence-electron chi connectivity index (χ3n) is 3.76. The fourth-order valence-electron chi connectivity index (χ4n) is 2.69. The van der Waals surface area contributed by atoms with Crippen molar-refractivity contribution < 1.29 is 0 Å². The molecule has 0 bridgehead atoms. The van der Waals surface area contributed by atoms with Crippen LogP contribution in [0.15, 0.2) is 47.1 Å². The molecule has 0 spiro atoms. The molecule has 1 aromatic carbocycles. The van der Waals surface area contributed by atoms with Crippen molar-refractivity contribution in [2.75, 3.05) is 11.9 Å². The van der Waals surface area contributed by atoms with Gasteiger partial charge in [0.05, 0.1) is 0 Å². The highest BCUT2D eigenvalue weighted by Crippen LogP contribution is 2.34. The Balaban J connectivity index is 1.49. The second-order valence-corrected chi connectivity index (χ2v) is 5.98. The first kappa shape index (κ1) is 11.9. The SMILES string of the molecule is Brc1ccc2nc(NCC3Cc4ccccc43)nn2c1. The summed E-state index contributed by atoms with van der Waals surface area (Å²) in [5.41, 5.74) is 3.77. The van der Waals surface area contributed by atoms with E-state index in [-0.39, 0.29) is 0 Å². The van der Waals surface area contributed by atoms with Gasteiger partial charge in [-0.25, -0.2) is 4.52 Å². The Morgan fingerprint density at radius 1 is 1.25 bits per heavy atom. The maximum Gasteiger partial charge on any atom is 0.243 e. The summed E-state index contributed by atoms with van der Waals surface area (Å²) in [6, 6.07) is 12.5. The molecule has 3 aromatic rings. The number of hydrogen-bond donors (Lipinski definition) is 1. The molecule has 4 rings (SSSR count). The van der Waals surface area contributed by atoms with Crippen molar-refractivity contribution in [3.63, 3.8) is 0 Å². The molecule has 5 heteroatoms. The normalized spacial score (nSPS) is 16.8. The average molecular weight is 329 g/mol. The molecule has 0 saturated carbocycles. The smallest absolute Gasteiger partial charge is 0.243 e. The maximum atomic E-state index is 4.46. The Bertz CT molecular complexity index is 780. The van der Waals surface area contributed by atoms with Crippen molar-refractivity contribution in [3.05, 3.63) is 58.2 Å². The number of aromatic nitrogens is 3. The first-order chi connectivity index (χ1) is 9.79. The number of pyridine rings is 1. The van der Waals surface area contributed by atoms with Gasteiger partial charge in [0, 0.05) is 23.1 Å². The van der Waals surface area contributed by atoms with Gasteiger partial charge in [0.1, 0.15) is 0 Å². The van der Waals surface area contributed by atoms with E-state index in [0.29, 0.717) is 11.9 Å². The Kier molecular flexibility index (Phi) is 2.73. The molecule has 100 valence electrons. The molecule has 1 atom stereocenters. The Hall–Kier alpha value is -1.88. The van der Waals surface area contributed by atoms with E-state index in [1.807, 2.05) is 18.3 Å². The van der Waals surface area contributed by atoms with Crippen molar-refractivity contribution in [2.45, 2.75) is 12.3 Å². The summed E-state index contributed by atoms with van der Waals surface area (Å²) in [4.78, 5) is 4.46. The number of nitrogens with zero attached hydrogens (tertiary/aromatic N) is 3. The summed E-state index contributed by atoms with van der Waals surface area (Å²) < 4.78 is 2.77. The number of fused-ring (bicyclic) bond motifs is 2. The molecular formula is C15H13BrN4. The number of anilines is 1. The molecule has 1 unspecified atom stereocenters. The van der Waals surface area contributed by atoms with Gasteiger partial charge in [-0.3, -0.25) is 0 Å². The third-order valence-corrected chi connectivity index (χ3v) is 4.23. The van der Waals surface area contributed by atoms with Crippen LogP contribution >= 0.6 is 15.9 Å². The fraction of sp³-hybridized carbons (Fsp3) is 0.200. The lowest BCUT2D eigenvalue weighted by atomic mass is 9.78. The van der Waals surface area contributed by atoms with Crippen LogP contribution in [0.5, 0.6) is 0 Å². The minimum absolute atomic E-state index is 0.574. The monoisotopic (exact) mass is 328 g/mol. The summed E-state index contributed by atoms with van der Waals surface area (Å²) in [5.74, 6) is 1.26. The fourth-order valence-corrected chi connectivity index (χ4v) is 3.02. The lowest BCUT2D eigenvalue weighted by Crippen LogP contribution is -2.24. The van der Waals surface area contributed by atoms with Gasteiger partial charge in [-0.15, -0.1) is 5.10 Å². The van der Waals surface area contributed by atoms with Crippen LogP contribution in [0.4, 0.5) is 5.95 Å². The van der Waals surface area contributed by atoms with E-state index in [2.05, 4.69) is 55.6 Å². The zero-order valence-electron chi connectivity index (χ0n) is 10.8. The van der Waals surface area contributed by atoms with E-state index in [1.165, 1.54) is 11.1 Å². The van der Waals surface area contributed by atoms with Gasteiger partial charge < -0.3 is 5.32 Å². The van der Waals surface area contributed by atoms with Gasteiger partial charge in [-0.05, 0) is 45.6 Å². The quantitative estimate of drug-likeness (QED) is 0.802. The van der Waals surface area contributed by atoms with E-state index in [4.69, 9.17) is 0 Å². The Morgan fingerprint density at radius 2 is 2.15 bits per heavy atom. The molecule has 0 saturated heterocycles. The predicted octanol–water partition coefficient (Wildman–Crippen LogP) is 3.24. The van der Waals surface area contributed by atoms with Gasteiger partial charge >= 0.3 is 0 Å². The Morgan fingerprint density at radius 3 is 3.05 bits per heavy atom. The van der Waals surface area contributed by atoms with Crippen LogP contribution in [0.1, 0.15) is 17.0 Å². The largest absolute Gasteiger partial charge is 0.352 e. The highest BCUT2D eigenvalue weighted by Gasteiger charge is 2.25. The molecule has 2 heterocycles. The van der Waals surface area contributed by atoms with Crippen LogP contribution in [0.3, 0.4) is 0 Å². The molecule has 0 radical (unpaired) electrons. The van der Waals surface area contributed by atoms with Gasteiger partial charge in [-0.1, -0.05) is 24.3 Å². The first-order valence-corrected chi connectivity index (χ1v) is 7.42. The highest BCUT2D eigenvalue weighted by atomic mass is 79.9. The topological polar surface area (TPSA) is 42.2 Å². The average Bonchev–Trinajstić information content (AvgIpc) is 2.81. The van der Waals surface area contributed by atoms with Crippen molar-refractivity contribution in [1.82, 2.24) is 14.6 Å². The minimum Gasteiger partial charge on any atom is -0.352 e. The molecular weight excluding hydrogens is 316 g/mol. The molecule has 1 aliphatic rings. The van der Waals surface area contributed by atoms with Gasteiger partial charge in [0.25, 0.3) is 0 Å². The number of benzene rings is 1. The van der Waals surface area contributed by atoms with Crippen LogP contribution in [0.25, 0.3) is 5.65 Å². The third kappa shape index (κ3) is 1.98. The van der Waals surface area contributed by atoms with Crippen molar-refractivity contribution in [3.8, 4) is 0 Å². The summed E-state index contributed by atoms with van der Waals surface area (Å²) in [5, 5.41) is 7.76. The van der Waals surface area contributed by atoms with Gasteiger partial charge in [-0.2, -0.15) is 4.98 Å². The lowest BCUT2D eigenvalue weighted by molar-refractivity contribution is 0.633. The van der Waals surface area contributed by atoms with Crippen LogP contribution in [0.2, 0.25) is 0 Å². The second kappa shape index (κ2) is 4.59. The van der Waals surface area contributed by atoms with E-state index >= 15 is 0 Å². The molecule has 0 fully saturated rings. The first-order valence-electron chi connectivity index (χ1n) is 6.63. The van der Waals surface area contributed by atoms with Crippen LogP contribution in [-0.4, -0.2) is 21.1 Å². The van der Waals surface area contributed by atoms with E-state index in [1.54, 1.807) is 4.52 Å². The van der Waals surface area contributed by atoms with Crippen LogP contribution in [0, 0.1) is 0 Å². The number of nitrogens with one attached hydrogen (secondary N) is 1. The van der Waals surface area contributed by atoms with E-state index < -0.39 is 0 Å². The van der Waals surface area contributed by atoms with Crippen LogP contribution in [-0.2, 0) is 6.42 Å². The Labute approximate surface area is 125 Å². The van der Waals surface area contributed by atoms with E-state index in [0.717, 1.165) is 23.1 Å². The zero-order chi connectivity index (χ0) is 13.5. The second-order valence-electron chi connectivity index (χ2n) is 5.07. The number of hydrogen-bond acceptors (Lipinski definition) is 3. The van der Waals surface area contributed by atoms with E-state index in [9.17, 15) is 0 Å². The highest BCUT2D eigenvalue weighted by molar-refractivity contribution is 9.10. The van der Waals surface area contributed by atoms with Gasteiger partial charge in [0.2, 0.25) is 5.95 Å². The summed E-state index contributed by atoms with van der Waals surface area (Å²) in [7, 11) is 0.